The molecule has 2 saturated heterocycles. The van der Waals surface area contributed by atoms with E-state index in [9.17, 15) is 38.4 Å². The van der Waals surface area contributed by atoms with Crippen LogP contribution in [0.15, 0.2) is 0 Å². The van der Waals surface area contributed by atoms with Gasteiger partial charge in [0, 0.05) is 68.6 Å². The lowest BCUT2D eigenvalue weighted by molar-refractivity contribution is -0.308. The summed E-state index contributed by atoms with van der Waals surface area (Å²) in [6, 6.07) is 0. The highest BCUT2D eigenvalue weighted by molar-refractivity contribution is 5.70. The average Bonchev–Trinajstić information content (AvgIpc) is 3.13. The van der Waals surface area contributed by atoms with E-state index in [0.717, 1.165) is 79.1 Å². The van der Waals surface area contributed by atoms with Gasteiger partial charge in [-0.2, -0.15) is 0 Å². The first-order chi connectivity index (χ1) is 28.4. The van der Waals surface area contributed by atoms with E-state index in [1.165, 1.54) is 27.7 Å². The van der Waals surface area contributed by atoms with Gasteiger partial charge in [-0.3, -0.25) is 38.4 Å². The van der Waals surface area contributed by atoms with Crippen molar-refractivity contribution in [1.29, 1.82) is 0 Å². The summed E-state index contributed by atoms with van der Waals surface area (Å²) in [7, 11) is 0. The zero-order chi connectivity index (χ0) is 44.8. The Balaban J connectivity index is 1.80. The van der Waals surface area contributed by atoms with Crippen LogP contribution in [-0.4, -0.2) is 136 Å². The third kappa shape index (κ3) is 19.8. The number of carbonyl (C=O) groups is 8. The number of rotatable bonds is 25. The molecular weight excluding hydrogens is 800 g/mol. The fourth-order valence-corrected chi connectivity index (χ4v) is 6.66. The lowest BCUT2D eigenvalue weighted by atomic mass is 9.98. The van der Waals surface area contributed by atoms with E-state index in [2.05, 4.69) is 0 Å². The second-order valence-corrected chi connectivity index (χ2v) is 14.4. The molecule has 20 heteroatoms. The lowest BCUT2D eigenvalue weighted by Crippen LogP contribution is -2.63. The Labute approximate surface area is 350 Å². The fourth-order valence-electron chi connectivity index (χ4n) is 6.66. The third-order valence-electron chi connectivity index (χ3n) is 9.00. The van der Waals surface area contributed by atoms with Gasteiger partial charge < -0.3 is 56.8 Å². The smallest absolute Gasteiger partial charge is 0.303 e. The Bertz CT molecular complexity index is 1310. The maximum atomic E-state index is 12.0. The van der Waals surface area contributed by atoms with Crippen molar-refractivity contribution in [1.82, 2.24) is 0 Å². The minimum atomic E-state index is -1.29. The highest BCUT2D eigenvalue weighted by atomic mass is 16.7. The van der Waals surface area contributed by atoms with Crippen molar-refractivity contribution < 1.29 is 95.2 Å². The minimum absolute atomic E-state index is 0.216. The van der Waals surface area contributed by atoms with Gasteiger partial charge in [0.25, 0.3) is 0 Å². The zero-order valence-electron chi connectivity index (χ0n) is 35.8. The molecule has 0 radical (unpaired) electrons. The van der Waals surface area contributed by atoms with Crippen LogP contribution in [0.25, 0.3) is 0 Å². The molecule has 342 valence electrons. The molecule has 0 spiro atoms. The van der Waals surface area contributed by atoms with Crippen molar-refractivity contribution in [3.63, 3.8) is 0 Å². The number of unbranched alkanes of at least 4 members (excludes halogenated alkanes) is 9. The number of esters is 8. The molecule has 0 unspecified atom stereocenters. The zero-order valence-corrected chi connectivity index (χ0v) is 35.8. The van der Waals surface area contributed by atoms with Gasteiger partial charge in [-0.15, -0.1) is 0 Å². The SMILES string of the molecule is CC(=O)OC[C@H]1O[C@H](OCCCCCCCCCCCCO[C@H]2O[C@H](COC(C)=O)[C@H](OC(C)=O)[C@H](OC(C)=O)[C@H]2OC(C)=O)[C@H](OC(C)=O)[C@@H](OC(C)=O)[C@H]1OC(C)=O. The Morgan fingerprint density at radius 3 is 0.850 bits per heavy atom. The van der Waals surface area contributed by atoms with E-state index in [-0.39, 0.29) is 26.4 Å². The molecule has 0 bridgehead atoms. The first kappa shape index (κ1) is 51.7. The van der Waals surface area contributed by atoms with Crippen LogP contribution in [-0.2, 0) is 95.2 Å². The van der Waals surface area contributed by atoms with E-state index in [0.29, 0.717) is 12.8 Å². The van der Waals surface area contributed by atoms with Gasteiger partial charge in [-0.25, -0.2) is 0 Å². The minimum Gasteiger partial charge on any atom is -0.463 e. The summed E-state index contributed by atoms with van der Waals surface area (Å²) in [6.07, 6.45) is -3.31. The Morgan fingerprint density at radius 1 is 0.333 bits per heavy atom. The summed E-state index contributed by atoms with van der Waals surface area (Å²) >= 11 is 0. The molecule has 60 heavy (non-hydrogen) atoms. The molecule has 0 amide bonds. The standard InChI is InChI=1S/C40H62O20/c1-23(41)51-21-31-33(53-25(3)43)35(55-27(5)45)37(57-29(7)47)39(59-31)49-19-17-15-13-11-9-10-12-14-16-18-20-50-40-38(58-30(8)48)36(56-28(6)46)34(54-26(4)44)32(60-40)22-52-24(2)42/h31-40H,9-22H2,1-8H3/t31-,32-,33+,34+,35+,36+,37-,38-,39+,40+/m1/s1. The molecule has 2 aliphatic rings. The quantitative estimate of drug-likeness (QED) is 0.0727. The van der Waals surface area contributed by atoms with Crippen LogP contribution in [0, 0.1) is 0 Å². The molecule has 20 nitrogen and oxygen atoms in total. The Morgan fingerprint density at radius 2 is 0.583 bits per heavy atom. The molecule has 0 N–H and O–H groups in total. The molecule has 2 rings (SSSR count). The van der Waals surface area contributed by atoms with Crippen molar-refractivity contribution in [3.8, 4) is 0 Å². The monoisotopic (exact) mass is 862 g/mol. The molecule has 0 aliphatic carbocycles. The van der Waals surface area contributed by atoms with Crippen molar-refractivity contribution in [2.75, 3.05) is 26.4 Å². The van der Waals surface area contributed by atoms with Gasteiger partial charge >= 0.3 is 47.8 Å². The van der Waals surface area contributed by atoms with E-state index < -0.39 is 109 Å². The number of carbonyl (C=O) groups excluding carboxylic acids is 8. The Kier molecular flexibility index (Phi) is 23.7. The van der Waals surface area contributed by atoms with Crippen LogP contribution < -0.4 is 0 Å². The highest BCUT2D eigenvalue weighted by Crippen LogP contribution is 2.32. The normalized spacial score (nSPS) is 26.1. The molecule has 2 aliphatic heterocycles. The molecule has 2 heterocycles. The summed E-state index contributed by atoms with van der Waals surface area (Å²) in [6.45, 7) is 9.09. The fraction of sp³-hybridized carbons (Fsp3) is 0.800. The number of ether oxygens (including phenoxy) is 12. The maximum Gasteiger partial charge on any atom is 0.303 e. The number of hydrogen-bond donors (Lipinski definition) is 0. The van der Waals surface area contributed by atoms with Gasteiger partial charge in [0.1, 0.15) is 25.4 Å². The van der Waals surface area contributed by atoms with Crippen molar-refractivity contribution in [3.05, 3.63) is 0 Å². The molecule has 0 aromatic rings. The van der Waals surface area contributed by atoms with E-state index in [1.54, 1.807) is 0 Å². The van der Waals surface area contributed by atoms with Gasteiger partial charge in [0.05, 0.1) is 0 Å². The topological polar surface area (TPSA) is 247 Å². The third-order valence-corrected chi connectivity index (χ3v) is 9.00. The van der Waals surface area contributed by atoms with Crippen LogP contribution in [0.3, 0.4) is 0 Å². The highest BCUT2D eigenvalue weighted by Gasteiger charge is 2.54. The average molecular weight is 863 g/mol. The molecular formula is C40H62O20. The van der Waals surface area contributed by atoms with E-state index >= 15 is 0 Å². The predicted molar refractivity (Wildman–Crippen MR) is 202 cm³/mol. The lowest BCUT2D eigenvalue weighted by Gasteiger charge is -2.44. The Hall–Kier alpha value is -4.40. The number of hydrogen-bond acceptors (Lipinski definition) is 20. The van der Waals surface area contributed by atoms with Crippen LogP contribution in [0.5, 0.6) is 0 Å². The van der Waals surface area contributed by atoms with Crippen molar-refractivity contribution in [2.24, 2.45) is 0 Å². The second-order valence-electron chi connectivity index (χ2n) is 14.4. The van der Waals surface area contributed by atoms with Crippen molar-refractivity contribution >= 4 is 47.8 Å². The first-order valence-electron chi connectivity index (χ1n) is 20.2. The largest absolute Gasteiger partial charge is 0.463 e. The molecule has 10 atom stereocenters. The van der Waals surface area contributed by atoms with Gasteiger partial charge in [-0.05, 0) is 12.8 Å². The summed E-state index contributed by atoms with van der Waals surface area (Å²) in [4.78, 5) is 94.9. The predicted octanol–water partition coefficient (Wildman–Crippen LogP) is 3.09. The van der Waals surface area contributed by atoms with E-state index in [4.69, 9.17) is 56.8 Å². The van der Waals surface area contributed by atoms with Gasteiger partial charge in [0.15, 0.2) is 49.2 Å². The first-order valence-corrected chi connectivity index (χ1v) is 20.2. The van der Waals surface area contributed by atoms with Gasteiger partial charge in [-0.1, -0.05) is 51.4 Å². The summed E-state index contributed by atoms with van der Waals surface area (Å²) in [5.41, 5.74) is 0. The van der Waals surface area contributed by atoms with Crippen LogP contribution in [0.2, 0.25) is 0 Å². The summed E-state index contributed by atoms with van der Waals surface area (Å²) in [5.74, 6) is -5.50. The van der Waals surface area contributed by atoms with E-state index in [1.807, 2.05) is 0 Å². The second kappa shape index (κ2) is 27.4. The van der Waals surface area contributed by atoms with Crippen LogP contribution in [0.4, 0.5) is 0 Å². The summed E-state index contributed by atoms with van der Waals surface area (Å²) < 4.78 is 66.5. The maximum absolute atomic E-state index is 12.0. The molecule has 0 saturated carbocycles. The van der Waals surface area contributed by atoms with Crippen LogP contribution in [0.1, 0.15) is 120 Å². The summed E-state index contributed by atoms with van der Waals surface area (Å²) in [5, 5.41) is 0. The molecule has 2 fully saturated rings. The van der Waals surface area contributed by atoms with Crippen molar-refractivity contribution in [2.45, 2.75) is 181 Å². The molecule has 0 aromatic carbocycles. The van der Waals surface area contributed by atoms with Crippen LogP contribution >= 0.6 is 0 Å². The molecule has 0 aromatic heterocycles. The van der Waals surface area contributed by atoms with Gasteiger partial charge in [0.2, 0.25) is 0 Å².